The topological polar surface area (TPSA) is 108 Å². The summed E-state index contributed by atoms with van der Waals surface area (Å²) in [5, 5.41) is 2.81. The van der Waals surface area contributed by atoms with Gasteiger partial charge in [-0.15, -0.1) is 0 Å². The number of anilines is 2. The van der Waals surface area contributed by atoms with Crippen molar-refractivity contribution in [2.75, 3.05) is 56.9 Å². The Bertz CT molecular complexity index is 908. The third kappa shape index (κ3) is 6.02. The van der Waals surface area contributed by atoms with Gasteiger partial charge in [-0.3, -0.25) is 19.4 Å². The fourth-order valence-electron chi connectivity index (χ4n) is 4.40. The second-order valence-electron chi connectivity index (χ2n) is 8.50. The van der Waals surface area contributed by atoms with Crippen LogP contribution in [0.3, 0.4) is 0 Å². The van der Waals surface area contributed by atoms with Crippen LogP contribution in [0.1, 0.15) is 18.4 Å². The molecule has 0 saturated carbocycles. The number of hydrogen-bond donors (Lipinski definition) is 2. The van der Waals surface area contributed by atoms with Gasteiger partial charge in [-0.05, 0) is 55.8 Å². The second kappa shape index (κ2) is 10.5. The molecule has 2 aliphatic heterocycles. The van der Waals surface area contributed by atoms with Crippen LogP contribution in [0, 0.1) is 5.92 Å². The first-order chi connectivity index (χ1) is 15.6. The van der Waals surface area contributed by atoms with Gasteiger partial charge in [0, 0.05) is 51.0 Å². The molecule has 0 aliphatic carbocycles. The number of piperidine rings is 1. The van der Waals surface area contributed by atoms with Crippen molar-refractivity contribution in [3.8, 4) is 0 Å². The highest BCUT2D eigenvalue weighted by Crippen LogP contribution is 2.22. The summed E-state index contributed by atoms with van der Waals surface area (Å²) in [6.07, 6.45) is 5.15. The van der Waals surface area contributed by atoms with Gasteiger partial charge in [0.25, 0.3) is 0 Å². The molecule has 2 aromatic rings. The molecular weight excluding hydrogens is 406 g/mol. The van der Waals surface area contributed by atoms with Gasteiger partial charge in [-0.1, -0.05) is 6.07 Å². The number of amides is 2. The van der Waals surface area contributed by atoms with E-state index in [0.717, 1.165) is 38.0 Å². The summed E-state index contributed by atoms with van der Waals surface area (Å²) in [6.45, 7) is 5.74. The minimum absolute atomic E-state index is 0.0770. The zero-order chi connectivity index (χ0) is 22.3. The molecule has 9 heteroatoms. The number of pyridine rings is 2. The molecule has 4 heterocycles. The van der Waals surface area contributed by atoms with Gasteiger partial charge >= 0.3 is 0 Å². The fraction of sp³-hybridized carbons (Fsp3) is 0.478. The number of nitrogen functional groups attached to an aromatic ring is 1. The Balaban J connectivity index is 1.17. The maximum Gasteiger partial charge on any atom is 0.239 e. The maximum atomic E-state index is 13.0. The van der Waals surface area contributed by atoms with Gasteiger partial charge in [0.15, 0.2) is 0 Å². The Morgan fingerprint density at radius 3 is 2.44 bits per heavy atom. The van der Waals surface area contributed by atoms with Crippen molar-refractivity contribution in [1.82, 2.24) is 24.7 Å². The average molecular weight is 438 g/mol. The first-order valence-corrected chi connectivity index (χ1v) is 11.2. The summed E-state index contributed by atoms with van der Waals surface area (Å²) in [6, 6.07) is 9.32. The number of aromatic nitrogens is 2. The normalized spacial score (nSPS) is 18.4. The molecule has 0 spiro atoms. The third-order valence-corrected chi connectivity index (χ3v) is 6.17. The fourth-order valence-corrected chi connectivity index (χ4v) is 4.40. The van der Waals surface area contributed by atoms with E-state index in [9.17, 15) is 9.59 Å². The van der Waals surface area contributed by atoms with Gasteiger partial charge in [0.2, 0.25) is 11.8 Å². The van der Waals surface area contributed by atoms with Gasteiger partial charge in [-0.25, -0.2) is 9.97 Å². The predicted octanol–water partition coefficient (Wildman–Crippen LogP) is 1.05. The molecule has 0 atom stereocenters. The molecule has 2 aromatic heterocycles. The molecule has 0 unspecified atom stereocenters. The van der Waals surface area contributed by atoms with Crippen LogP contribution < -0.4 is 11.1 Å². The predicted molar refractivity (Wildman–Crippen MR) is 123 cm³/mol. The van der Waals surface area contributed by atoms with Crippen molar-refractivity contribution in [2.24, 2.45) is 5.92 Å². The molecule has 0 aromatic carbocycles. The van der Waals surface area contributed by atoms with Gasteiger partial charge in [0.1, 0.15) is 11.6 Å². The Kier molecular flexibility index (Phi) is 7.28. The highest BCUT2D eigenvalue weighted by Gasteiger charge is 2.30. The first-order valence-electron chi connectivity index (χ1n) is 11.2. The molecule has 0 radical (unpaired) electrons. The number of nitrogens with two attached hydrogens (primary N) is 1. The summed E-state index contributed by atoms with van der Waals surface area (Å²) < 4.78 is 0. The smallest absolute Gasteiger partial charge is 0.239 e. The van der Waals surface area contributed by atoms with E-state index < -0.39 is 0 Å². The molecule has 2 amide bonds. The van der Waals surface area contributed by atoms with Crippen molar-refractivity contribution in [3.05, 3.63) is 48.3 Å². The molecule has 0 bridgehead atoms. The number of carbonyl (C=O) groups excluding carboxylic acids is 2. The van der Waals surface area contributed by atoms with Crippen LogP contribution in [0.15, 0.2) is 42.7 Å². The van der Waals surface area contributed by atoms with Crippen molar-refractivity contribution in [3.63, 3.8) is 0 Å². The molecule has 2 aliphatic rings. The van der Waals surface area contributed by atoms with E-state index in [1.165, 1.54) is 0 Å². The SMILES string of the molecule is Nc1cc(CN2CCC(C(=O)N3CCN(CC(=O)Nc4ccccn4)CC3)CC2)ccn1. The second-order valence-corrected chi connectivity index (χ2v) is 8.50. The molecule has 32 heavy (non-hydrogen) atoms. The monoisotopic (exact) mass is 437 g/mol. The Morgan fingerprint density at radius 1 is 0.969 bits per heavy atom. The summed E-state index contributed by atoms with van der Waals surface area (Å²) >= 11 is 0. The third-order valence-electron chi connectivity index (χ3n) is 6.17. The number of likely N-dealkylation sites (tertiary alicyclic amines) is 1. The molecule has 9 nitrogen and oxygen atoms in total. The van der Waals surface area contributed by atoms with Crippen molar-refractivity contribution >= 4 is 23.5 Å². The summed E-state index contributed by atoms with van der Waals surface area (Å²) in [5.74, 6) is 1.38. The van der Waals surface area contributed by atoms with E-state index in [-0.39, 0.29) is 17.7 Å². The van der Waals surface area contributed by atoms with Gasteiger partial charge in [0.05, 0.1) is 6.54 Å². The maximum absolute atomic E-state index is 13.0. The van der Waals surface area contributed by atoms with Crippen molar-refractivity contribution < 1.29 is 9.59 Å². The van der Waals surface area contributed by atoms with Gasteiger partial charge < -0.3 is 16.0 Å². The summed E-state index contributed by atoms with van der Waals surface area (Å²) in [4.78, 5) is 39.8. The Morgan fingerprint density at radius 2 is 1.75 bits per heavy atom. The lowest BCUT2D eigenvalue weighted by Crippen LogP contribution is -2.52. The number of piperazine rings is 1. The largest absolute Gasteiger partial charge is 0.384 e. The highest BCUT2D eigenvalue weighted by molar-refractivity contribution is 5.91. The van der Waals surface area contributed by atoms with Crippen LogP contribution >= 0.6 is 0 Å². The minimum Gasteiger partial charge on any atom is -0.384 e. The molecule has 2 fully saturated rings. The molecule has 3 N–H and O–H groups in total. The molecule has 2 saturated heterocycles. The number of rotatable bonds is 6. The standard InChI is InChI=1S/C23H31N7O2/c24-20-15-18(4-8-25-20)16-28-9-5-19(6-10-28)23(32)30-13-11-29(12-14-30)17-22(31)27-21-3-1-2-7-26-21/h1-4,7-8,15,19H,5-6,9-14,16-17H2,(H2,24,25)(H,26,27,31). The van der Waals surface area contributed by atoms with E-state index in [4.69, 9.17) is 5.73 Å². The highest BCUT2D eigenvalue weighted by atomic mass is 16.2. The van der Waals surface area contributed by atoms with Crippen molar-refractivity contribution in [1.29, 1.82) is 0 Å². The summed E-state index contributed by atoms with van der Waals surface area (Å²) in [5.41, 5.74) is 6.93. The average Bonchev–Trinajstić information content (AvgIpc) is 2.80. The van der Waals surface area contributed by atoms with E-state index in [1.54, 1.807) is 18.5 Å². The first kappa shape index (κ1) is 22.2. The van der Waals surface area contributed by atoms with E-state index in [1.807, 2.05) is 29.2 Å². The lowest BCUT2D eigenvalue weighted by molar-refractivity contribution is -0.139. The zero-order valence-corrected chi connectivity index (χ0v) is 18.3. The number of nitrogens with one attached hydrogen (secondary N) is 1. The summed E-state index contributed by atoms with van der Waals surface area (Å²) in [7, 11) is 0. The number of hydrogen-bond acceptors (Lipinski definition) is 7. The van der Waals surface area contributed by atoms with Crippen LogP contribution in [-0.2, 0) is 16.1 Å². The van der Waals surface area contributed by atoms with Gasteiger partial charge in [-0.2, -0.15) is 0 Å². The van der Waals surface area contributed by atoms with Crippen LogP contribution in [0.2, 0.25) is 0 Å². The number of carbonyl (C=O) groups is 2. The quantitative estimate of drug-likeness (QED) is 0.696. The van der Waals surface area contributed by atoms with E-state index in [2.05, 4.69) is 25.1 Å². The van der Waals surface area contributed by atoms with Crippen molar-refractivity contribution in [2.45, 2.75) is 19.4 Å². The molecular formula is C23H31N7O2. The lowest BCUT2D eigenvalue weighted by atomic mass is 9.94. The zero-order valence-electron chi connectivity index (χ0n) is 18.3. The Labute approximate surface area is 188 Å². The Hall–Kier alpha value is -3.04. The number of nitrogens with zero attached hydrogens (tertiary/aromatic N) is 5. The lowest BCUT2D eigenvalue weighted by Gasteiger charge is -2.38. The van der Waals surface area contributed by atoms with Crippen LogP contribution in [0.4, 0.5) is 11.6 Å². The van der Waals surface area contributed by atoms with Crippen LogP contribution in [0.25, 0.3) is 0 Å². The van der Waals surface area contributed by atoms with E-state index >= 15 is 0 Å². The molecule has 4 rings (SSSR count). The minimum atomic E-state index is -0.0770. The van der Waals surface area contributed by atoms with E-state index in [0.29, 0.717) is 44.4 Å². The van der Waals surface area contributed by atoms with Crippen LogP contribution in [0.5, 0.6) is 0 Å². The van der Waals surface area contributed by atoms with Crippen LogP contribution in [-0.4, -0.2) is 82.3 Å². The molecule has 170 valence electrons.